The quantitative estimate of drug-likeness (QED) is 0.897. The van der Waals surface area contributed by atoms with Crippen LogP contribution in [0.1, 0.15) is 22.9 Å². The van der Waals surface area contributed by atoms with Crippen molar-refractivity contribution in [2.45, 2.75) is 19.5 Å². The number of likely N-dealkylation sites (N-methyl/N-ethyl adjacent to an activating group) is 1. The second kappa shape index (κ2) is 6.68. The summed E-state index contributed by atoms with van der Waals surface area (Å²) in [6.45, 7) is 3.36. The third-order valence-corrected chi connectivity index (χ3v) is 4.04. The molecule has 2 aromatic rings. The van der Waals surface area contributed by atoms with Gasteiger partial charge in [-0.2, -0.15) is 5.10 Å². The Balaban J connectivity index is 2.31. The van der Waals surface area contributed by atoms with E-state index in [0.29, 0.717) is 5.56 Å². The maximum Gasteiger partial charge on any atom is 0.126 e. The van der Waals surface area contributed by atoms with Crippen LogP contribution in [-0.4, -0.2) is 35.3 Å². The number of hydrogen-bond acceptors (Lipinski definition) is 3. The Bertz CT molecular complexity index is 624. The summed E-state index contributed by atoms with van der Waals surface area (Å²) < 4.78 is 16.2. The Morgan fingerprint density at radius 1 is 1.43 bits per heavy atom. The van der Waals surface area contributed by atoms with E-state index in [-0.39, 0.29) is 11.9 Å². The van der Waals surface area contributed by atoms with Crippen LogP contribution in [0.2, 0.25) is 0 Å². The van der Waals surface area contributed by atoms with E-state index < -0.39 is 0 Å². The molecule has 0 spiro atoms. The minimum absolute atomic E-state index is 0.217. The fourth-order valence-electron chi connectivity index (χ4n) is 2.17. The topological polar surface area (TPSA) is 47.1 Å². The lowest BCUT2D eigenvalue weighted by Gasteiger charge is -2.17. The fourth-order valence-corrected chi connectivity index (χ4v) is 2.72. The number of nitrogens with zero attached hydrogens (tertiary/aromatic N) is 3. The number of benzene rings is 1. The Labute approximate surface area is 132 Å². The van der Waals surface area contributed by atoms with E-state index >= 15 is 0 Å². The second-order valence-electron chi connectivity index (χ2n) is 5.39. The van der Waals surface area contributed by atoms with Gasteiger partial charge < -0.3 is 10.6 Å². The average molecular weight is 355 g/mol. The number of aromatic nitrogens is 2. The lowest BCUT2D eigenvalue weighted by molar-refractivity contribution is 0.368. The molecule has 2 N–H and O–H groups in total. The van der Waals surface area contributed by atoms with Gasteiger partial charge in [0.15, 0.2) is 0 Å². The third-order valence-electron chi connectivity index (χ3n) is 3.43. The summed E-state index contributed by atoms with van der Waals surface area (Å²) in [6, 6.07) is 4.63. The van der Waals surface area contributed by atoms with E-state index in [4.69, 9.17) is 5.73 Å². The fraction of sp³-hybridized carbons (Fsp3) is 0.400. The Morgan fingerprint density at radius 3 is 2.76 bits per heavy atom. The summed E-state index contributed by atoms with van der Waals surface area (Å²) in [5.74, 6) is -0.217. The number of hydrogen-bond donors (Lipinski definition) is 1. The Kier molecular flexibility index (Phi) is 5.13. The van der Waals surface area contributed by atoms with E-state index in [1.807, 2.05) is 18.8 Å². The molecule has 1 atom stereocenters. The van der Waals surface area contributed by atoms with Gasteiger partial charge in [-0.25, -0.2) is 4.39 Å². The predicted molar refractivity (Wildman–Crippen MR) is 85.6 cm³/mol. The number of halogens is 2. The van der Waals surface area contributed by atoms with Gasteiger partial charge in [0.25, 0.3) is 0 Å². The van der Waals surface area contributed by atoms with E-state index in [1.54, 1.807) is 25.3 Å². The van der Waals surface area contributed by atoms with Gasteiger partial charge in [0, 0.05) is 6.54 Å². The molecule has 0 aliphatic rings. The van der Waals surface area contributed by atoms with Gasteiger partial charge in [-0.05, 0) is 54.1 Å². The monoisotopic (exact) mass is 354 g/mol. The minimum Gasteiger partial charge on any atom is -0.319 e. The molecule has 0 amide bonds. The molecule has 0 saturated heterocycles. The molecule has 0 fully saturated rings. The molecule has 1 heterocycles. The highest BCUT2D eigenvalue weighted by molar-refractivity contribution is 9.10. The SMILES string of the molecule is Cc1cc(C(N)c2c(Br)cnn2CCN(C)C)ccc1F. The zero-order valence-electron chi connectivity index (χ0n) is 12.5. The molecule has 4 nitrogen and oxygen atoms in total. The largest absolute Gasteiger partial charge is 0.319 e. The van der Waals surface area contributed by atoms with Crippen LogP contribution in [-0.2, 0) is 6.54 Å². The number of rotatable bonds is 5. The standard InChI is InChI=1S/C15H20BrFN4/c1-10-8-11(4-5-13(10)17)14(18)15-12(16)9-19-21(15)7-6-20(2)3/h4-5,8-9,14H,6-7,18H2,1-3H3. The summed E-state index contributed by atoms with van der Waals surface area (Å²) >= 11 is 3.50. The number of nitrogens with two attached hydrogens (primary N) is 1. The van der Waals surface area contributed by atoms with Crippen LogP contribution in [0.5, 0.6) is 0 Å². The molecular formula is C15H20BrFN4. The molecule has 0 radical (unpaired) electrons. The first-order valence-electron chi connectivity index (χ1n) is 6.77. The lowest BCUT2D eigenvalue weighted by Crippen LogP contribution is -2.23. The first kappa shape index (κ1) is 16.1. The molecule has 0 saturated carbocycles. The van der Waals surface area contributed by atoms with Gasteiger partial charge in [0.05, 0.1) is 29.0 Å². The average Bonchev–Trinajstić information content (AvgIpc) is 2.80. The van der Waals surface area contributed by atoms with Crippen molar-refractivity contribution in [1.82, 2.24) is 14.7 Å². The zero-order chi connectivity index (χ0) is 15.6. The molecule has 21 heavy (non-hydrogen) atoms. The van der Waals surface area contributed by atoms with Crippen molar-refractivity contribution in [3.05, 3.63) is 51.5 Å². The van der Waals surface area contributed by atoms with E-state index in [1.165, 1.54) is 6.07 Å². The van der Waals surface area contributed by atoms with Crippen molar-refractivity contribution in [3.8, 4) is 0 Å². The Hall–Kier alpha value is -1.24. The Morgan fingerprint density at radius 2 is 2.14 bits per heavy atom. The summed E-state index contributed by atoms with van der Waals surface area (Å²) in [5, 5.41) is 4.36. The van der Waals surface area contributed by atoms with E-state index in [2.05, 4.69) is 25.9 Å². The van der Waals surface area contributed by atoms with Gasteiger partial charge in [-0.1, -0.05) is 12.1 Å². The van der Waals surface area contributed by atoms with Crippen molar-refractivity contribution < 1.29 is 4.39 Å². The molecule has 114 valence electrons. The molecule has 2 rings (SSSR count). The van der Waals surface area contributed by atoms with Crippen molar-refractivity contribution in [2.75, 3.05) is 20.6 Å². The number of aryl methyl sites for hydroxylation is 1. The zero-order valence-corrected chi connectivity index (χ0v) is 14.1. The summed E-state index contributed by atoms with van der Waals surface area (Å²) in [4.78, 5) is 2.09. The van der Waals surface area contributed by atoms with Gasteiger partial charge >= 0.3 is 0 Å². The first-order chi connectivity index (χ1) is 9.90. The van der Waals surface area contributed by atoms with Crippen molar-refractivity contribution in [3.63, 3.8) is 0 Å². The van der Waals surface area contributed by atoms with Crippen LogP contribution in [0.3, 0.4) is 0 Å². The molecule has 1 unspecified atom stereocenters. The molecular weight excluding hydrogens is 335 g/mol. The van der Waals surface area contributed by atoms with Crippen LogP contribution >= 0.6 is 15.9 Å². The molecule has 0 bridgehead atoms. The van der Waals surface area contributed by atoms with Crippen LogP contribution < -0.4 is 5.73 Å². The van der Waals surface area contributed by atoms with Gasteiger partial charge in [-0.15, -0.1) is 0 Å². The first-order valence-corrected chi connectivity index (χ1v) is 7.57. The third kappa shape index (κ3) is 3.70. The highest BCUT2D eigenvalue weighted by Crippen LogP contribution is 2.27. The molecule has 0 aliphatic heterocycles. The highest BCUT2D eigenvalue weighted by atomic mass is 79.9. The molecule has 0 aliphatic carbocycles. The molecule has 6 heteroatoms. The lowest BCUT2D eigenvalue weighted by atomic mass is 10.0. The summed E-state index contributed by atoms with van der Waals surface area (Å²) in [7, 11) is 4.03. The molecule has 1 aromatic carbocycles. The molecule has 1 aromatic heterocycles. The maximum atomic E-state index is 13.4. The summed E-state index contributed by atoms with van der Waals surface area (Å²) in [6.07, 6.45) is 1.75. The smallest absolute Gasteiger partial charge is 0.126 e. The second-order valence-corrected chi connectivity index (χ2v) is 6.24. The van der Waals surface area contributed by atoms with Gasteiger partial charge in [0.1, 0.15) is 5.82 Å². The van der Waals surface area contributed by atoms with Crippen LogP contribution in [0.15, 0.2) is 28.9 Å². The van der Waals surface area contributed by atoms with Crippen molar-refractivity contribution in [2.24, 2.45) is 5.73 Å². The van der Waals surface area contributed by atoms with Crippen molar-refractivity contribution in [1.29, 1.82) is 0 Å². The van der Waals surface area contributed by atoms with Gasteiger partial charge in [-0.3, -0.25) is 4.68 Å². The normalized spacial score (nSPS) is 12.9. The highest BCUT2D eigenvalue weighted by Gasteiger charge is 2.19. The maximum absolute atomic E-state index is 13.4. The van der Waals surface area contributed by atoms with E-state index in [9.17, 15) is 4.39 Å². The summed E-state index contributed by atoms with van der Waals surface area (Å²) in [5.41, 5.74) is 8.74. The van der Waals surface area contributed by atoms with Gasteiger partial charge in [0.2, 0.25) is 0 Å². The van der Waals surface area contributed by atoms with Crippen molar-refractivity contribution >= 4 is 15.9 Å². The van der Waals surface area contributed by atoms with E-state index in [0.717, 1.165) is 28.8 Å². The predicted octanol–water partition coefficient (Wildman–Crippen LogP) is 2.70. The van der Waals surface area contributed by atoms with Crippen LogP contribution in [0, 0.1) is 12.7 Å². The minimum atomic E-state index is -0.344. The van der Waals surface area contributed by atoms with Crippen LogP contribution in [0.25, 0.3) is 0 Å². The van der Waals surface area contributed by atoms with Crippen LogP contribution in [0.4, 0.5) is 4.39 Å².